The SMILES string of the molecule is CCN1CCC(CNCc2cc(Br)c3c(c2)OCO3)CC1. The smallest absolute Gasteiger partial charge is 0.231 e. The third-order valence-electron chi connectivity index (χ3n) is 4.40. The fourth-order valence-corrected chi connectivity index (χ4v) is 3.65. The van der Waals surface area contributed by atoms with Crippen molar-refractivity contribution in [2.45, 2.75) is 26.3 Å². The van der Waals surface area contributed by atoms with Crippen molar-refractivity contribution >= 4 is 15.9 Å². The average Bonchev–Trinajstić information content (AvgIpc) is 2.97. The molecule has 0 unspecified atom stereocenters. The van der Waals surface area contributed by atoms with Crippen LogP contribution in [0.1, 0.15) is 25.3 Å². The molecule has 2 heterocycles. The molecular formula is C16H23BrN2O2. The van der Waals surface area contributed by atoms with Crippen molar-refractivity contribution in [1.82, 2.24) is 10.2 Å². The molecule has 2 aliphatic heterocycles. The molecule has 1 fully saturated rings. The Hall–Kier alpha value is -0.780. The van der Waals surface area contributed by atoms with E-state index in [4.69, 9.17) is 9.47 Å². The van der Waals surface area contributed by atoms with Gasteiger partial charge < -0.3 is 19.7 Å². The molecule has 0 bridgehead atoms. The average molecular weight is 355 g/mol. The minimum atomic E-state index is 0.320. The predicted molar refractivity (Wildman–Crippen MR) is 86.8 cm³/mol. The number of hydrogen-bond donors (Lipinski definition) is 1. The van der Waals surface area contributed by atoms with Gasteiger partial charge in [-0.1, -0.05) is 6.92 Å². The summed E-state index contributed by atoms with van der Waals surface area (Å²) in [6, 6.07) is 4.18. The van der Waals surface area contributed by atoms with Crippen LogP contribution in [0.15, 0.2) is 16.6 Å². The van der Waals surface area contributed by atoms with E-state index in [1.165, 1.54) is 38.0 Å². The van der Waals surface area contributed by atoms with Crippen LogP contribution in [0.5, 0.6) is 11.5 Å². The van der Waals surface area contributed by atoms with Crippen LogP contribution in [0, 0.1) is 5.92 Å². The molecule has 0 radical (unpaired) electrons. The highest BCUT2D eigenvalue weighted by Crippen LogP contribution is 2.39. The highest BCUT2D eigenvalue weighted by molar-refractivity contribution is 9.10. The summed E-state index contributed by atoms with van der Waals surface area (Å²) in [6.07, 6.45) is 2.62. The third-order valence-corrected chi connectivity index (χ3v) is 4.99. The molecule has 2 aliphatic rings. The van der Waals surface area contributed by atoms with E-state index in [0.29, 0.717) is 6.79 Å². The van der Waals surface area contributed by atoms with Gasteiger partial charge in [0.1, 0.15) is 0 Å². The van der Waals surface area contributed by atoms with E-state index < -0.39 is 0 Å². The molecule has 1 N–H and O–H groups in total. The number of ether oxygens (including phenoxy) is 2. The van der Waals surface area contributed by atoms with Gasteiger partial charge in [0, 0.05) is 6.54 Å². The number of nitrogens with zero attached hydrogens (tertiary/aromatic N) is 1. The molecule has 1 aromatic rings. The van der Waals surface area contributed by atoms with E-state index in [9.17, 15) is 0 Å². The van der Waals surface area contributed by atoms with Gasteiger partial charge in [-0.3, -0.25) is 0 Å². The number of benzene rings is 1. The van der Waals surface area contributed by atoms with Crippen molar-refractivity contribution in [2.75, 3.05) is 33.0 Å². The lowest BCUT2D eigenvalue weighted by atomic mass is 9.97. The van der Waals surface area contributed by atoms with Crippen molar-refractivity contribution in [2.24, 2.45) is 5.92 Å². The number of halogens is 1. The minimum absolute atomic E-state index is 0.320. The van der Waals surface area contributed by atoms with Gasteiger partial charge in [0.15, 0.2) is 11.5 Å². The van der Waals surface area contributed by atoms with E-state index in [1.807, 2.05) is 0 Å². The molecule has 1 aromatic carbocycles. The van der Waals surface area contributed by atoms with Crippen molar-refractivity contribution in [3.05, 3.63) is 22.2 Å². The largest absolute Gasteiger partial charge is 0.454 e. The highest BCUT2D eigenvalue weighted by Gasteiger charge is 2.19. The summed E-state index contributed by atoms with van der Waals surface area (Å²) < 4.78 is 11.8. The first kappa shape index (κ1) is 15.1. The van der Waals surface area contributed by atoms with Crippen LogP contribution in [0.25, 0.3) is 0 Å². The van der Waals surface area contributed by atoms with Crippen LogP contribution in [0.4, 0.5) is 0 Å². The van der Waals surface area contributed by atoms with E-state index >= 15 is 0 Å². The lowest BCUT2D eigenvalue weighted by Gasteiger charge is -2.31. The fourth-order valence-electron chi connectivity index (χ4n) is 3.05. The summed E-state index contributed by atoms with van der Waals surface area (Å²) in [7, 11) is 0. The van der Waals surface area contributed by atoms with Gasteiger partial charge in [-0.25, -0.2) is 0 Å². The normalized spacial score (nSPS) is 19.1. The van der Waals surface area contributed by atoms with Gasteiger partial charge in [0.05, 0.1) is 4.47 Å². The predicted octanol–water partition coefficient (Wildman–Crippen LogP) is 3.00. The standard InChI is InChI=1S/C16H23BrN2O2/c1-2-19-5-3-12(4-6-19)9-18-10-13-7-14(17)16-15(8-13)20-11-21-16/h7-8,12,18H,2-6,9-11H2,1H3. The molecule has 3 rings (SSSR count). The number of rotatable bonds is 5. The molecule has 0 spiro atoms. The summed E-state index contributed by atoms with van der Waals surface area (Å²) in [5.74, 6) is 2.48. The quantitative estimate of drug-likeness (QED) is 0.881. The second-order valence-electron chi connectivity index (χ2n) is 5.82. The Morgan fingerprint density at radius 2 is 2.10 bits per heavy atom. The molecule has 0 atom stereocenters. The van der Waals surface area contributed by atoms with Crippen LogP contribution >= 0.6 is 15.9 Å². The lowest BCUT2D eigenvalue weighted by molar-refractivity contribution is 0.173. The zero-order valence-corrected chi connectivity index (χ0v) is 14.1. The van der Waals surface area contributed by atoms with Gasteiger partial charge >= 0.3 is 0 Å². The Labute approximate surface area is 134 Å². The van der Waals surface area contributed by atoms with E-state index in [0.717, 1.165) is 35.0 Å². The number of piperidine rings is 1. The maximum absolute atomic E-state index is 5.45. The topological polar surface area (TPSA) is 33.7 Å². The Morgan fingerprint density at radius 1 is 1.29 bits per heavy atom. The molecule has 0 saturated carbocycles. The Kier molecular flexibility index (Phi) is 5.03. The van der Waals surface area contributed by atoms with Gasteiger partial charge in [-0.2, -0.15) is 0 Å². The molecular weight excluding hydrogens is 332 g/mol. The van der Waals surface area contributed by atoms with Crippen LogP contribution in [-0.2, 0) is 6.54 Å². The van der Waals surface area contributed by atoms with Gasteiger partial charge in [0.25, 0.3) is 0 Å². The Balaban J connectivity index is 1.47. The number of nitrogens with one attached hydrogen (secondary N) is 1. The number of fused-ring (bicyclic) bond motifs is 1. The lowest BCUT2D eigenvalue weighted by Crippen LogP contribution is -2.36. The molecule has 4 nitrogen and oxygen atoms in total. The summed E-state index contributed by atoms with van der Waals surface area (Å²) in [5.41, 5.74) is 1.23. The molecule has 0 amide bonds. The van der Waals surface area contributed by atoms with Crippen molar-refractivity contribution in [1.29, 1.82) is 0 Å². The number of likely N-dealkylation sites (tertiary alicyclic amines) is 1. The van der Waals surface area contributed by atoms with Gasteiger partial charge in [-0.05, 0) is 78.6 Å². The minimum Gasteiger partial charge on any atom is -0.454 e. The highest BCUT2D eigenvalue weighted by atomic mass is 79.9. The molecule has 5 heteroatoms. The second kappa shape index (κ2) is 6.99. The summed E-state index contributed by atoms with van der Waals surface area (Å²) in [4.78, 5) is 2.53. The summed E-state index contributed by atoms with van der Waals surface area (Å²) in [5, 5.41) is 3.59. The van der Waals surface area contributed by atoms with Crippen molar-refractivity contribution in [3.8, 4) is 11.5 Å². The van der Waals surface area contributed by atoms with E-state index in [2.05, 4.69) is 45.2 Å². The van der Waals surface area contributed by atoms with Crippen molar-refractivity contribution in [3.63, 3.8) is 0 Å². The molecule has 1 saturated heterocycles. The number of hydrogen-bond acceptors (Lipinski definition) is 4. The monoisotopic (exact) mass is 354 g/mol. The first-order valence-corrected chi connectivity index (χ1v) is 8.56. The van der Waals surface area contributed by atoms with Crippen LogP contribution in [0.3, 0.4) is 0 Å². The van der Waals surface area contributed by atoms with Gasteiger partial charge in [-0.15, -0.1) is 0 Å². The molecule has 0 aliphatic carbocycles. The molecule has 21 heavy (non-hydrogen) atoms. The summed E-state index contributed by atoms with van der Waals surface area (Å²) >= 11 is 3.54. The third kappa shape index (κ3) is 3.71. The Bertz CT molecular complexity index is 487. The van der Waals surface area contributed by atoms with Crippen molar-refractivity contribution < 1.29 is 9.47 Å². The maximum Gasteiger partial charge on any atom is 0.231 e. The van der Waals surface area contributed by atoms with E-state index in [1.54, 1.807) is 0 Å². The molecule has 116 valence electrons. The zero-order chi connectivity index (χ0) is 14.7. The Morgan fingerprint density at radius 3 is 2.86 bits per heavy atom. The molecule has 0 aromatic heterocycles. The van der Waals surface area contributed by atoms with E-state index in [-0.39, 0.29) is 0 Å². The second-order valence-corrected chi connectivity index (χ2v) is 6.67. The maximum atomic E-state index is 5.45. The van der Waals surface area contributed by atoms with Crippen LogP contribution in [0.2, 0.25) is 0 Å². The van der Waals surface area contributed by atoms with Gasteiger partial charge in [0.2, 0.25) is 6.79 Å². The van der Waals surface area contributed by atoms with Crippen LogP contribution in [-0.4, -0.2) is 37.9 Å². The zero-order valence-electron chi connectivity index (χ0n) is 12.5. The fraction of sp³-hybridized carbons (Fsp3) is 0.625. The first-order valence-electron chi connectivity index (χ1n) is 7.77. The summed E-state index contributed by atoms with van der Waals surface area (Å²) in [6.45, 7) is 8.23. The first-order chi connectivity index (χ1) is 10.3. The van der Waals surface area contributed by atoms with Crippen LogP contribution < -0.4 is 14.8 Å².